The minimum atomic E-state index is -0.320. The van der Waals surface area contributed by atoms with Crippen LogP contribution in [0.1, 0.15) is 37.5 Å². The Balaban J connectivity index is 1.46. The predicted octanol–water partition coefficient (Wildman–Crippen LogP) is 3.62. The van der Waals surface area contributed by atoms with Gasteiger partial charge in [-0.05, 0) is 50.1 Å². The van der Waals surface area contributed by atoms with Gasteiger partial charge >= 0.3 is 0 Å². The highest BCUT2D eigenvalue weighted by atomic mass is 16.2. The van der Waals surface area contributed by atoms with Crippen LogP contribution in [0.25, 0.3) is 0 Å². The number of carbonyl (C=O) groups excluding carboxylic acids is 2. The molecule has 2 amide bonds. The molecule has 32 heavy (non-hydrogen) atoms. The molecule has 2 aromatic carbocycles. The molecule has 0 saturated carbocycles. The van der Waals surface area contributed by atoms with Gasteiger partial charge in [0.05, 0.1) is 0 Å². The van der Waals surface area contributed by atoms with Gasteiger partial charge in [0.25, 0.3) is 11.8 Å². The van der Waals surface area contributed by atoms with Crippen molar-refractivity contribution in [3.8, 4) is 0 Å². The second-order valence-corrected chi connectivity index (χ2v) is 8.07. The molecule has 4 rings (SSSR count). The molecule has 2 heterocycles. The number of nitrogens with one attached hydrogen (secondary N) is 1. The predicted molar refractivity (Wildman–Crippen MR) is 125 cm³/mol. The molecule has 1 N–H and O–H groups in total. The van der Waals surface area contributed by atoms with Crippen molar-refractivity contribution < 1.29 is 9.59 Å². The molecule has 1 aromatic heterocycles. The number of anilines is 2. The first-order valence-corrected chi connectivity index (χ1v) is 10.7. The van der Waals surface area contributed by atoms with Gasteiger partial charge < -0.3 is 15.1 Å². The molecular formula is C25H27N5O2. The van der Waals surface area contributed by atoms with Crippen LogP contribution in [0.2, 0.25) is 0 Å². The molecule has 1 fully saturated rings. The van der Waals surface area contributed by atoms with Crippen molar-refractivity contribution in [3.05, 3.63) is 82.8 Å². The van der Waals surface area contributed by atoms with Gasteiger partial charge in [-0.15, -0.1) is 0 Å². The van der Waals surface area contributed by atoms with Crippen LogP contribution in [-0.2, 0) is 0 Å². The van der Waals surface area contributed by atoms with E-state index in [4.69, 9.17) is 0 Å². The maximum Gasteiger partial charge on any atom is 0.276 e. The number of rotatable bonds is 4. The smallest absolute Gasteiger partial charge is 0.276 e. The van der Waals surface area contributed by atoms with Gasteiger partial charge in [-0.2, -0.15) is 0 Å². The first-order chi connectivity index (χ1) is 15.4. The van der Waals surface area contributed by atoms with Gasteiger partial charge in [-0.25, -0.2) is 9.97 Å². The molecule has 0 spiro atoms. The maximum absolute atomic E-state index is 13.2. The summed E-state index contributed by atoms with van der Waals surface area (Å²) in [6.07, 6.45) is 2.95. The third-order valence-electron chi connectivity index (χ3n) is 5.93. The topological polar surface area (TPSA) is 78.4 Å². The van der Waals surface area contributed by atoms with Crippen LogP contribution >= 0.6 is 0 Å². The molecule has 1 aliphatic heterocycles. The monoisotopic (exact) mass is 429 g/mol. The molecular weight excluding hydrogens is 402 g/mol. The van der Waals surface area contributed by atoms with E-state index in [1.807, 2.05) is 19.1 Å². The van der Waals surface area contributed by atoms with Crippen LogP contribution in [-0.4, -0.2) is 52.9 Å². The Morgan fingerprint density at radius 2 is 1.56 bits per heavy atom. The average molecular weight is 430 g/mol. The number of amides is 2. The Hall–Kier alpha value is -3.74. The van der Waals surface area contributed by atoms with Gasteiger partial charge in [0.15, 0.2) is 11.5 Å². The third-order valence-corrected chi connectivity index (χ3v) is 5.93. The van der Waals surface area contributed by atoms with E-state index in [2.05, 4.69) is 52.2 Å². The molecule has 0 aliphatic carbocycles. The fourth-order valence-corrected chi connectivity index (χ4v) is 3.85. The number of hydrogen-bond acceptors (Lipinski definition) is 5. The van der Waals surface area contributed by atoms with E-state index in [0.29, 0.717) is 18.7 Å². The summed E-state index contributed by atoms with van der Waals surface area (Å²) < 4.78 is 0. The van der Waals surface area contributed by atoms with E-state index in [1.165, 1.54) is 29.2 Å². The average Bonchev–Trinajstić information content (AvgIpc) is 2.81. The number of piperazine rings is 1. The first kappa shape index (κ1) is 21.5. The Morgan fingerprint density at radius 3 is 2.28 bits per heavy atom. The molecule has 1 saturated heterocycles. The molecule has 7 nitrogen and oxygen atoms in total. The summed E-state index contributed by atoms with van der Waals surface area (Å²) >= 11 is 0. The molecule has 7 heteroatoms. The standard InChI is InChI=1S/C25H27N5O2/c1-17-7-9-20(10-8-17)24(31)28-23-22(26-11-12-27-23)25(32)30-15-13-29(14-16-30)21-6-4-5-18(2)19(21)3/h4-12H,13-16H2,1-3H3,(H,27,28,31). The summed E-state index contributed by atoms with van der Waals surface area (Å²) in [6, 6.07) is 13.5. The summed E-state index contributed by atoms with van der Waals surface area (Å²) in [5.41, 5.74) is 5.46. The van der Waals surface area contributed by atoms with Crippen LogP contribution in [0.5, 0.6) is 0 Å². The van der Waals surface area contributed by atoms with Crippen LogP contribution in [0.15, 0.2) is 54.9 Å². The highest BCUT2D eigenvalue weighted by molar-refractivity contribution is 6.07. The van der Waals surface area contributed by atoms with Crippen molar-refractivity contribution in [1.29, 1.82) is 0 Å². The highest BCUT2D eigenvalue weighted by Crippen LogP contribution is 2.24. The van der Waals surface area contributed by atoms with Crippen LogP contribution < -0.4 is 10.2 Å². The zero-order valence-corrected chi connectivity index (χ0v) is 18.6. The van der Waals surface area contributed by atoms with Crippen LogP contribution in [0.4, 0.5) is 11.5 Å². The highest BCUT2D eigenvalue weighted by Gasteiger charge is 2.26. The molecule has 0 unspecified atom stereocenters. The fourth-order valence-electron chi connectivity index (χ4n) is 3.85. The van der Waals surface area contributed by atoms with Gasteiger partial charge in [0.2, 0.25) is 0 Å². The molecule has 164 valence electrons. The summed E-state index contributed by atoms with van der Waals surface area (Å²) in [7, 11) is 0. The van der Waals surface area contributed by atoms with Gasteiger partial charge in [0.1, 0.15) is 0 Å². The van der Waals surface area contributed by atoms with E-state index < -0.39 is 0 Å². The Morgan fingerprint density at radius 1 is 0.875 bits per heavy atom. The second-order valence-electron chi connectivity index (χ2n) is 8.07. The van der Waals surface area contributed by atoms with Crippen LogP contribution in [0, 0.1) is 20.8 Å². The zero-order valence-electron chi connectivity index (χ0n) is 18.6. The van der Waals surface area contributed by atoms with Gasteiger partial charge in [-0.3, -0.25) is 9.59 Å². The van der Waals surface area contributed by atoms with E-state index in [1.54, 1.807) is 17.0 Å². The normalized spacial score (nSPS) is 13.7. The largest absolute Gasteiger partial charge is 0.368 e. The summed E-state index contributed by atoms with van der Waals surface area (Å²) in [5, 5.41) is 2.74. The number of carbonyl (C=O) groups is 2. The van der Waals surface area contributed by atoms with Crippen molar-refractivity contribution in [2.45, 2.75) is 20.8 Å². The lowest BCUT2D eigenvalue weighted by atomic mass is 10.1. The minimum Gasteiger partial charge on any atom is -0.368 e. The summed E-state index contributed by atoms with van der Waals surface area (Å²) in [5.74, 6) is -0.364. The number of aromatic nitrogens is 2. The quantitative estimate of drug-likeness (QED) is 0.685. The van der Waals surface area contributed by atoms with E-state index in [9.17, 15) is 9.59 Å². The molecule has 0 atom stereocenters. The SMILES string of the molecule is Cc1ccc(C(=O)Nc2nccnc2C(=O)N2CCN(c3cccc(C)c3C)CC2)cc1. The molecule has 0 radical (unpaired) electrons. The van der Waals surface area contributed by atoms with E-state index in [0.717, 1.165) is 18.7 Å². The lowest BCUT2D eigenvalue weighted by Crippen LogP contribution is -2.49. The lowest BCUT2D eigenvalue weighted by molar-refractivity contribution is 0.0741. The Kier molecular flexibility index (Phi) is 6.16. The Bertz CT molecular complexity index is 1140. The second kappa shape index (κ2) is 9.18. The van der Waals surface area contributed by atoms with Crippen molar-refractivity contribution in [1.82, 2.24) is 14.9 Å². The Labute approximate surface area is 188 Å². The number of hydrogen-bond donors (Lipinski definition) is 1. The summed E-state index contributed by atoms with van der Waals surface area (Å²) in [6.45, 7) is 8.83. The van der Waals surface area contributed by atoms with Crippen molar-refractivity contribution in [2.75, 3.05) is 36.4 Å². The van der Waals surface area contributed by atoms with Gasteiger partial charge in [-0.1, -0.05) is 29.8 Å². The maximum atomic E-state index is 13.2. The molecule has 1 aliphatic rings. The number of nitrogens with zero attached hydrogens (tertiary/aromatic N) is 4. The van der Waals surface area contributed by atoms with Crippen molar-refractivity contribution in [3.63, 3.8) is 0 Å². The molecule has 3 aromatic rings. The number of aryl methyl sites for hydroxylation is 2. The first-order valence-electron chi connectivity index (χ1n) is 10.7. The van der Waals surface area contributed by atoms with E-state index >= 15 is 0 Å². The van der Waals surface area contributed by atoms with Gasteiger partial charge in [0, 0.05) is 49.8 Å². The lowest BCUT2D eigenvalue weighted by Gasteiger charge is -2.37. The van der Waals surface area contributed by atoms with Crippen LogP contribution in [0.3, 0.4) is 0 Å². The van der Waals surface area contributed by atoms with Crippen molar-refractivity contribution in [2.24, 2.45) is 0 Å². The fraction of sp³-hybridized carbons (Fsp3) is 0.280. The zero-order chi connectivity index (χ0) is 22.7. The van der Waals surface area contributed by atoms with Crippen molar-refractivity contribution >= 4 is 23.3 Å². The van der Waals surface area contributed by atoms with E-state index in [-0.39, 0.29) is 23.3 Å². The summed E-state index contributed by atoms with van der Waals surface area (Å²) in [4.78, 5) is 38.4. The molecule has 0 bridgehead atoms. The third kappa shape index (κ3) is 4.46. The minimum absolute atomic E-state index is 0.160. The number of benzene rings is 2.